The Kier molecular flexibility index (Phi) is 5.96. The topological polar surface area (TPSA) is 72.3 Å². The van der Waals surface area contributed by atoms with Crippen molar-refractivity contribution in [2.24, 2.45) is 0 Å². The van der Waals surface area contributed by atoms with Gasteiger partial charge in [0.15, 0.2) is 0 Å². The Balaban J connectivity index is 2.32. The maximum Gasteiger partial charge on any atom is 0.304 e. The van der Waals surface area contributed by atoms with Gasteiger partial charge in [-0.05, 0) is 18.2 Å². The smallest absolute Gasteiger partial charge is 0.304 e. The van der Waals surface area contributed by atoms with Crippen LogP contribution in [0.1, 0.15) is 12.2 Å². The molecule has 7 heteroatoms. The van der Waals surface area contributed by atoms with E-state index in [2.05, 4.69) is 25.9 Å². The van der Waals surface area contributed by atoms with E-state index >= 15 is 0 Å². The zero-order valence-electron chi connectivity index (χ0n) is 11.5. The highest BCUT2D eigenvalue weighted by atomic mass is 79.9. The predicted octanol–water partition coefficient (Wildman–Crippen LogP) is 3.15. The molecule has 0 aliphatic rings. The third-order valence-corrected chi connectivity index (χ3v) is 4.24. The number of carboxylic acid groups (broad SMARTS) is 1. The number of benzene rings is 1. The summed E-state index contributed by atoms with van der Waals surface area (Å²) in [5.74, 6) is 0.393. The average Bonchev–Trinajstić information content (AvgIpc) is 2.44. The summed E-state index contributed by atoms with van der Waals surface area (Å²) in [6.07, 6.45) is 0.742. The molecule has 0 saturated carbocycles. The molecule has 1 N–H and O–H groups in total. The fraction of sp³-hybridized carbons (Fsp3) is 0.357. The van der Waals surface area contributed by atoms with Gasteiger partial charge in [-0.1, -0.05) is 15.9 Å². The number of methoxy groups -OCH3 is 1. The molecular formula is C14H15BrN2O3S. The van der Waals surface area contributed by atoms with E-state index in [-0.39, 0.29) is 6.42 Å². The summed E-state index contributed by atoms with van der Waals surface area (Å²) in [6.45, 7) is 0.554. The first-order valence-corrected chi connectivity index (χ1v) is 8.17. The second-order valence-corrected chi connectivity index (χ2v) is 6.34. The highest BCUT2D eigenvalue weighted by molar-refractivity contribution is 9.10. The molecule has 2 aromatic rings. The molecule has 1 heterocycles. The van der Waals surface area contributed by atoms with Crippen molar-refractivity contribution in [2.45, 2.75) is 17.9 Å². The molecule has 0 saturated heterocycles. The van der Waals surface area contributed by atoms with Gasteiger partial charge in [0.25, 0.3) is 0 Å². The molecule has 0 fully saturated rings. The number of carbonyl (C=O) groups is 1. The van der Waals surface area contributed by atoms with Crippen molar-refractivity contribution in [3.05, 3.63) is 28.5 Å². The number of thioether (sulfide) groups is 1. The van der Waals surface area contributed by atoms with Crippen LogP contribution in [0.2, 0.25) is 0 Å². The maximum absolute atomic E-state index is 10.6. The summed E-state index contributed by atoms with van der Waals surface area (Å²) in [7, 11) is 1.64. The fourth-order valence-corrected chi connectivity index (χ4v) is 3.09. The first kappa shape index (κ1) is 16.2. The van der Waals surface area contributed by atoms with Gasteiger partial charge in [-0.2, -0.15) is 0 Å². The number of fused-ring (bicyclic) bond motifs is 1. The van der Waals surface area contributed by atoms with Crippen LogP contribution in [-0.2, 0) is 16.0 Å². The summed E-state index contributed by atoms with van der Waals surface area (Å²) in [5.41, 5.74) is 0.850. The third kappa shape index (κ3) is 4.66. The number of hydrogen-bond donors (Lipinski definition) is 1. The highest BCUT2D eigenvalue weighted by Gasteiger charge is 2.10. The van der Waals surface area contributed by atoms with Crippen LogP contribution in [0.4, 0.5) is 0 Å². The van der Waals surface area contributed by atoms with Gasteiger partial charge in [0.05, 0.1) is 18.5 Å². The van der Waals surface area contributed by atoms with Gasteiger partial charge in [0.2, 0.25) is 0 Å². The number of nitrogens with zero attached hydrogens (tertiary/aromatic N) is 2. The van der Waals surface area contributed by atoms with Crippen LogP contribution in [0.5, 0.6) is 0 Å². The van der Waals surface area contributed by atoms with Crippen LogP contribution in [0.15, 0.2) is 27.7 Å². The number of ether oxygens (including phenoxy) is 1. The first-order chi connectivity index (χ1) is 10.1. The van der Waals surface area contributed by atoms with Crippen LogP contribution in [0.25, 0.3) is 10.9 Å². The van der Waals surface area contributed by atoms with Crippen molar-refractivity contribution >= 4 is 44.6 Å². The molecule has 0 unspecified atom stereocenters. The van der Waals surface area contributed by atoms with Crippen molar-refractivity contribution in [2.75, 3.05) is 19.5 Å². The summed E-state index contributed by atoms with van der Waals surface area (Å²) in [6, 6.07) is 5.82. The van der Waals surface area contributed by atoms with Crippen LogP contribution < -0.4 is 0 Å². The molecule has 0 bridgehead atoms. The molecule has 2 rings (SSSR count). The lowest BCUT2D eigenvalue weighted by atomic mass is 10.2. The van der Waals surface area contributed by atoms with Crippen molar-refractivity contribution in [1.29, 1.82) is 0 Å². The van der Waals surface area contributed by atoms with Gasteiger partial charge >= 0.3 is 5.97 Å². The Hall–Kier alpha value is -1.18. The molecule has 5 nitrogen and oxygen atoms in total. The Bertz CT molecular complexity index is 651. The second-order valence-electron chi connectivity index (χ2n) is 4.34. The lowest BCUT2D eigenvalue weighted by Gasteiger charge is -2.08. The van der Waals surface area contributed by atoms with Crippen LogP contribution >= 0.6 is 27.7 Å². The normalized spacial score (nSPS) is 11.0. The van der Waals surface area contributed by atoms with E-state index in [9.17, 15) is 4.79 Å². The minimum absolute atomic E-state index is 0.111. The summed E-state index contributed by atoms with van der Waals surface area (Å²) in [4.78, 5) is 19.7. The quantitative estimate of drug-likeness (QED) is 0.596. The van der Waals surface area contributed by atoms with Crippen molar-refractivity contribution in [3.8, 4) is 0 Å². The SMILES string of the molecule is COCCc1nc(SCCC(=O)O)c2ccc(Br)cc2n1. The largest absolute Gasteiger partial charge is 0.481 e. The van der Waals surface area contributed by atoms with Gasteiger partial charge < -0.3 is 9.84 Å². The van der Waals surface area contributed by atoms with Crippen molar-refractivity contribution in [1.82, 2.24) is 9.97 Å². The number of rotatable bonds is 7. The summed E-state index contributed by atoms with van der Waals surface area (Å²) >= 11 is 4.88. The number of carboxylic acids is 1. The monoisotopic (exact) mass is 370 g/mol. The molecule has 0 spiro atoms. The zero-order chi connectivity index (χ0) is 15.2. The molecule has 0 aliphatic heterocycles. The molecule has 0 amide bonds. The standard InChI is InChI=1S/C14H15BrN2O3S/c1-20-6-4-12-16-11-8-9(15)2-3-10(11)14(17-12)21-7-5-13(18)19/h2-3,8H,4-7H2,1H3,(H,18,19). The predicted molar refractivity (Wildman–Crippen MR) is 85.8 cm³/mol. The van der Waals surface area contributed by atoms with E-state index in [0.717, 1.165) is 20.4 Å². The molecule has 1 aromatic heterocycles. The number of hydrogen-bond acceptors (Lipinski definition) is 5. The lowest BCUT2D eigenvalue weighted by Crippen LogP contribution is -2.03. The van der Waals surface area contributed by atoms with E-state index in [1.807, 2.05) is 18.2 Å². The first-order valence-electron chi connectivity index (χ1n) is 6.40. The van der Waals surface area contributed by atoms with Crippen molar-refractivity contribution in [3.63, 3.8) is 0 Å². The highest BCUT2D eigenvalue weighted by Crippen LogP contribution is 2.28. The number of halogens is 1. The summed E-state index contributed by atoms with van der Waals surface area (Å²) in [5, 5.41) is 10.5. The van der Waals surface area contributed by atoms with E-state index in [4.69, 9.17) is 9.84 Å². The van der Waals surface area contributed by atoms with Gasteiger partial charge in [0.1, 0.15) is 10.9 Å². The van der Waals surface area contributed by atoms with Crippen LogP contribution in [0.3, 0.4) is 0 Å². The van der Waals surface area contributed by atoms with E-state index < -0.39 is 5.97 Å². The Labute approximate surface area is 135 Å². The minimum atomic E-state index is -0.803. The average molecular weight is 371 g/mol. The van der Waals surface area contributed by atoms with Gasteiger partial charge in [-0.25, -0.2) is 9.97 Å². The van der Waals surface area contributed by atoms with Crippen LogP contribution in [-0.4, -0.2) is 40.5 Å². The van der Waals surface area contributed by atoms with Gasteiger partial charge in [0, 0.05) is 29.1 Å². The Morgan fingerprint density at radius 3 is 2.95 bits per heavy atom. The molecule has 112 valence electrons. The van der Waals surface area contributed by atoms with Crippen molar-refractivity contribution < 1.29 is 14.6 Å². The Morgan fingerprint density at radius 1 is 1.43 bits per heavy atom. The maximum atomic E-state index is 10.6. The Morgan fingerprint density at radius 2 is 2.24 bits per heavy atom. The number of aromatic nitrogens is 2. The molecule has 0 radical (unpaired) electrons. The number of aliphatic carboxylic acids is 1. The molecule has 1 aromatic carbocycles. The molecule has 0 aliphatic carbocycles. The minimum Gasteiger partial charge on any atom is -0.481 e. The second kappa shape index (κ2) is 7.72. The zero-order valence-corrected chi connectivity index (χ0v) is 13.9. The fourth-order valence-electron chi connectivity index (χ4n) is 1.77. The third-order valence-electron chi connectivity index (χ3n) is 2.75. The van der Waals surface area contributed by atoms with E-state index in [1.54, 1.807) is 7.11 Å². The van der Waals surface area contributed by atoms with Crippen LogP contribution in [0, 0.1) is 0 Å². The van der Waals surface area contributed by atoms with Gasteiger partial charge in [-0.3, -0.25) is 4.79 Å². The molecular weight excluding hydrogens is 356 g/mol. The van der Waals surface area contributed by atoms with Gasteiger partial charge in [-0.15, -0.1) is 11.8 Å². The lowest BCUT2D eigenvalue weighted by molar-refractivity contribution is -0.136. The van der Waals surface area contributed by atoms with E-state index in [1.165, 1.54) is 11.8 Å². The molecule has 0 atom stereocenters. The molecule has 21 heavy (non-hydrogen) atoms. The van der Waals surface area contributed by atoms with E-state index in [0.29, 0.717) is 24.6 Å². The summed E-state index contributed by atoms with van der Waals surface area (Å²) < 4.78 is 6.01.